The average Bonchev–Trinajstić information content (AvgIpc) is 2.17. The van der Waals surface area contributed by atoms with Crippen LogP contribution in [0.5, 0.6) is 0 Å². The Kier molecular flexibility index (Phi) is 4.55. The quantitative estimate of drug-likeness (QED) is 0.635. The number of carbonyl (C=O) groups is 2. The van der Waals surface area contributed by atoms with Gasteiger partial charge >= 0.3 is 5.97 Å². The molecule has 1 saturated heterocycles. The van der Waals surface area contributed by atoms with E-state index in [0.29, 0.717) is 13.1 Å². The second-order valence-corrected chi connectivity index (χ2v) is 3.90. The molecule has 0 saturated carbocycles. The van der Waals surface area contributed by atoms with E-state index in [0.717, 1.165) is 25.8 Å². The Hall–Kier alpha value is -1.10. The van der Waals surface area contributed by atoms with E-state index in [-0.39, 0.29) is 5.91 Å². The minimum absolute atomic E-state index is 0.190. The zero-order valence-corrected chi connectivity index (χ0v) is 9.03. The van der Waals surface area contributed by atoms with Crippen molar-refractivity contribution in [3.05, 3.63) is 0 Å². The van der Waals surface area contributed by atoms with Crippen LogP contribution in [0.15, 0.2) is 0 Å². The van der Waals surface area contributed by atoms with Gasteiger partial charge in [-0.05, 0) is 13.0 Å². The molecule has 1 atom stereocenters. The number of rotatable bonds is 5. The number of amides is 1. The number of unbranched alkanes of at least 4 members (excludes halogenated alkanes) is 2. The van der Waals surface area contributed by atoms with E-state index in [2.05, 4.69) is 12.2 Å². The number of carboxylic acids is 1. The number of carboxylic acid groups (broad SMARTS) is 1. The van der Waals surface area contributed by atoms with Gasteiger partial charge in [-0.3, -0.25) is 9.69 Å². The maximum absolute atomic E-state index is 11.2. The fraction of sp³-hybridized carbons (Fsp3) is 0.800. The van der Waals surface area contributed by atoms with Crippen LogP contribution in [0.25, 0.3) is 0 Å². The van der Waals surface area contributed by atoms with Gasteiger partial charge in [-0.25, -0.2) is 4.79 Å². The zero-order valence-electron chi connectivity index (χ0n) is 9.03. The number of hydrogen-bond acceptors (Lipinski definition) is 3. The minimum Gasteiger partial charge on any atom is -0.480 e. The lowest BCUT2D eigenvalue weighted by atomic mass is 10.2. The zero-order chi connectivity index (χ0) is 11.3. The van der Waals surface area contributed by atoms with Gasteiger partial charge < -0.3 is 10.4 Å². The van der Waals surface area contributed by atoms with Gasteiger partial charge in [0.2, 0.25) is 5.91 Å². The van der Waals surface area contributed by atoms with Crippen molar-refractivity contribution in [1.82, 2.24) is 10.2 Å². The molecule has 0 spiro atoms. The first-order valence-corrected chi connectivity index (χ1v) is 5.38. The molecule has 86 valence electrons. The van der Waals surface area contributed by atoms with Gasteiger partial charge in [0.1, 0.15) is 6.04 Å². The van der Waals surface area contributed by atoms with Crippen LogP contribution in [-0.4, -0.2) is 47.6 Å². The van der Waals surface area contributed by atoms with E-state index in [4.69, 9.17) is 5.11 Å². The third-order valence-electron chi connectivity index (χ3n) is 2.52. The van der Waals surface area contributed by atoms with Gasteiger partial charge in [-0.15, -0.1) is 0 Å². The highest BCUT2D eigenvalue weighted by Crippen LogP contribution is 2.04. The highest BCUT2D eigenvalue weighted by molar-refractivity contribution is 5.86. The van der Waals surface area contributed by atoms with Gasteiger partial charge in [-0.1, -0.05) is 19.8 Å². The van der Waals surface area contributed by atoms with Crippen molar-refractivity contribution in [1.29, 1.82) is 0 Å². The summed E-state index contributed by atoms with van der Waals surface area (Å²) in [5.74, 6) is -1.14. The van der Waals surface area contributed by atoms with E-state index in [1.165, 1.54) is 0 Å². The molecule has 1 aliphatic heterocycles. The van der Waals surface area contributed by atoms with Crippen LogP contribution in [0, 0.1) is 0 Å². The molecule has 0 aromatic carbocycles. The van der Waals surface area contributed by atoms with Crippen molar-refractivity contribution in [2.24, 2.45) is 0 Å². The molecule has 1 heterocycles. The first-order chi connectivity index (χ1) is 7.13. The molecule has 0 aromatic heterocycles. The molecule has 0 bridgehead atoms. The van der Waals surface area contributed by atoms with Crippen LogP contribution < -0.4 is 5.32 Å². The van der Waals surface area contributed by atoms with Gasteiger partial charge in [0, 0.05) is 6.54 Å². The highest BCUT2D eigenvalue weighted by atomic mass is 16.4. The topological polar surface area (TPSA) is 69.6 Å². The molecule has 1 unspecified atom stereocenters. The molecular weight excluding hydrogens is 196 g/mol. The van der Waals surface area contributed by atoms with E-state index in [1.807, 2.05) is 4.90 Å². The highest BCUT2D eigenvalue weighted by Gasteiger charge is 2.28. The van der Waals surface area contributed by atoms with Crippen molar-refractivity contribution in [2.45, 2.75) is 32.2 Å². The predicted octanol–water partition coefficient (Wildman–Crippen LogP) is 0.0616. The number of nitrogens with zero attached hydrogens (tertiary/aromatic N) is 1. The minimum atomic E-state index is -0.955. The van der Waals surface area contributed by atoms with Crippen molar-refractivity contribution >= 4 is 11.9 Å². The third-order valence-corrected chi connectivity index (χ3v) is 2.52. The monoisotopic (exact) mass is 214 g/mol. The number of aliphatic carboxylic acids is 1. The van der Waals surface area contributed by atoms with E-state index in [1.54, 1.807) is 0 Å². The number of hydrogen-bond donors (Lipinski definition) is 2. The Morgan fingerprint density at radius 1 is 1.60 bits per heavy atom. The second-order valence-electron chi connectivity index (χ2n) is 3.90. The van der Waals surface area contributed by atoms with Crippen molar-refractivity contribution in [2.75, 3.05) is 19.6 Å². The standard InChI is InChI=1S/C10H18N2O3/c1-2-3-4-5-12-6-8(10(14)15)11-9(13)7-12/h8H,2-7H2,1H3,(H,11,13)(H,14,15). The molecule has 0 aliphatic carbocycles. The first-order valence-electron chi connectivity index (χ1n) is 5.38. The van der Waals surface area contributed by atoms with E-state index in [9.17, 15) is 9.59 Å². The fourth-order valence-corrected chi connectivity index (χ4v) is 1.71. The van der Waals surface area contributed by atoms with Crippen LogP contribution in [0.2, 0.25) is 0 Å². The van der Waals surface area contributed by atoms with Crippen LogP contribution in [0.1, 0.15) is 26.2 Å². The molecule has 0 aromatic rings. The summed E-state index contributed by atoms with van der Waals surface area (Å²) in [7, 11) is 0. The van der Waals surface area contributed by atoms with Gasteiger partial charge in [0.05, 0.1) is 6.54 Å². The van der Waals surface area contributed by atoms with E-state index >= 15 is 0 Å². The summed E-state index contributed by atoms with van der Waals surface area (Å²) >= 11 is 0. The predicted molar refractivity (Wildman–Crippen MR) is 55.5 cm³/mol. The Morgan fingerprint density at radius 2 is 2.33 bits per heavy atom. The number of nitrogens with one attached hydrogen (secondary N) is 1. The molecule has 5 heteroatoms. The lowest BCUT2D eigenvalue weighted by Crippen LogP contribution is -2.57. The molecule has 1 aliphatic rings. The Bertz CT molecular complexity index is 243. The molecule has 1 fully saturated rings. The molecule has 5 nitrogen and oxygen atoms in total. The molecule has 15 heavy (non-hydrogen) atoms. The molecule has 2 N–H and O–H groups in total. The maximum atomic E-state index is 11.2. The lowest BCUT2D eigenvalue weighted by Gasteiger charge is -2.30. The normalized spacial score (nSPS) is 22.5. The van der Waals surface area contributed by atoms with E-state index < -0.39 is 12.0 Å². The molecule has 1 rings (SSSR count). The summed E-state index contributed by atoms with van der Waals surface area (Å²) in [4.78, 5) is 23.8. The number of piperazine rings is 1. The van der Waals surface area contributed by atoms with Crippen LogP contribution in [-0.2, 0) is 9.59 Å². The fourth-order valence-electron chi connectivity index (χ4n) is 1.71. The van der Waals surface area contributed by atoms with Gasteiger partial charge in [0.25, 0.3) is 0 Å². The van der Waals surface area contributed by atoms with Crippen LogP contribution in [0.3, 0.4) is 0 Å². The Labute approximate surface area is 89.4 Å². The SMILES string of the molecule is CCCCCN1CC(=O)NC(C(=O)O)C1. The summed E-state index contributed by atoms with van der Waals surface area (Å²) in [6.45, 7) is 3.67. The Morgan fingerprint density at radius 3 is 2.93 bits per heavy atom. The average molecular weight is 214 g/mol. The van der Waals surface area contributed by atoms with Crippen molar-refractivity contribution in [3.63, 3.8) is 0 Å². The largest absolute Gasteiger partial charge is 0.480 e. The van der Waals surface area contributed by atoms with Crippen LogP contribution in [0.4, 0.5) is 0 Å². The number of carbonyl (C=O) groups excluding carboxylic acids is 1. The first kappa shape index (κ1) is 12.0. The third kappa shape index (κ3) is 3.87. The molecule has 0 radical (unpaired) electrons. The summed E-state index contributed by atoms with van der Waals surface area (Å²) < 4.78 is 0. The second kappa shape index (κ2) is 5.70. The maximum Gasteiger partial charge on any atom is 0.327 e. The summed E-state index contributed by atoms with van der Waals surface area (Å²) in [6.07, 6.45) is 3.27. The summed E-state index contributed by atoms with van der Waals surface area (Å²) in [5, 5.41) is 11.3. The van der Waals surface area contributed by atoms with Crippen molar-refractivity contribution < 1.29 is 14.7 Å². The van der Waals surface area contributed by atoms with Gasteiger partial charge in [-0.2, -0.15) is 0 Å². The van der Waals surface area contributed by atoms with Crippen molar-refractivity contribution in [3.8, 4) is 0 Å². The Balaban J connectivity index is 2.38. The summed E-state index contributed by atoms with van der Waals surface area (Å²) in [6, 6.07) is -0.743. The molecular formula is C10H18N2O3. The smallest absolute Gasteiger partial charge is 0.327 e. The van der Waals surface area contributed by atoms with Gasteiger partial charge in [0.15, 0.2) is 0 Å². The lowest BCUT2D eigenvalue weighted by molar-refractivity contribution is -0.144. The van der Waals surface area contributed by atoms with Crippen LogP contribution >= 0.6 is 0 Å². The summed E-state index contributed by atoms with van der Waals surface area (Å²) in [5.41, 5.74) is 0. The molecule has 1 amide bonds.